The van der Waals surface area contributed by atoms with Gasteiger partial charge >= 0.3 is 0 Å². The Balaban J connectivity index is 1.88. The molecule has 122 valence electrons. The summed E-state index contributed by atoms with van der Waals surface area (Å²) < 4.78 is 1.75. The van der Waals surface area contributed by atoms with Crippen molar-refractivity contribution in [1.29, 1.82) is 0 Å². The number of nitrogens with zero attached hydrogens (tertiary/aromatic N) is 3. The van der Waals surface area contributed by atoms with E-state index in [0.29, 0.717) is 11.9 Å². The number of hydrogen-bond acceptors (Lipinski definition) is 4. The standard InChI is InChI=1S/C19H20N4O/c24-19-16-8-4-5-9-17(16)21-18(14-22-12-10-20-11-13-22)23(19)15-6-2-1-3-7-15/h1-9,20H,10-14H2. The minimum absolute atomic E-state index is 0.00284. The summed E-state index contributed by atoms with van der Waals surface area (Å²) >= 11 is 0. The van der Waals surface area contributed by atoms with E-state index >= 15 is 0 Å². The number of benzene rings is 2. The Morgan fingerprint density at radius 2 is 1.67 bits per heavy atom. The Labute approximate surface area is 140 Å². The number of hydrogen-bond donors (Lipinski definition) is 1. The normalized spacial score (nSPS) is 15.7. The van der Waals surface area contributed by atoms with Crippen LogP contribution in [0.1, 0.15) is 5.82 Å². The molecule has 5 heteroatoms. The fraction of sp³-hybridized carbons (Fsp3) is 0.263. The molecule has 1 aliphatic rings. The van der Waals surface area contributed by atoms with Crippen molar-refractivity contribution in [2.24, 2.45) is 0 Å². The van der Waals surface area contributed by atoms with Gasteiger partial charge in [-0.05, 0) is 24.3 Å². The van der Waals surface area contributed by atoms with Gasteiger partial charge in [-0.25, -0.2) is 4.98 Å². The first-order valence-electron chi connectivity index (χ1n) is 8.32. The summed E-state index contributed by atoms with van der Waals surface area (Å²) in [5.74, 6) is 0.798. The molecule has 0 aliphatic carbocycles. The summed E-state index contributed by atoms with van der Waals surface area (Å²) in [7, 11) is 0. The maximum atomic E-state index is 13.1. The molecule has 1 fully saturated rings. The zero-order chi connectivity index (χ0) is 16.4. The first kappa shape index (κ1) is 15.1. The van der Waals surface area contributed by atoms with E-state index in [0.717, 1.165) is 43.2 Å². The van der Waals surface area contributed by atoms with Crippen molar-refractivity contribution in [1.82, 2.24) is 19.8 Å². The molecule has 1 N–H and O–H groups in total. The van der Waals surface area contributed by atoms with E-state index in [1.165, 1.54) is 0 Å². The average molecular weight is 320 g/mol. The Morgan fingerprint density at radius 1 is 0.958 bits per heavy atom. The summed E-state index contributed by atoms with van der Waals surface area (Å²) in [5, 5.41) is 4.01. The summed E-state index contributed by atoms with van der Waals surface area (Å²) in [5.41, 5.74) is 1.63. The van der Waals surface area contributed by atoms with Crippen LogP contribution in [0.3, 0.4) is 0 Å². The second-order valence-corrected chi connectivity index (χ2v) is 6.05. The molecule has 4 rings (SSSR count). The van der Waals surface area contributed by atoms with Gasteiger partial charge in [0.05, 0.1) is 23.1 Å². The van der Waals surface area contributed by atoms with Crippen LogP contribution in [0, 0.1) is 0 Å². The molecule has 0 spiro atoms. The first-order valence-corrected chi connectivity index (χ1v) is 8.32. The predicted octanol–water partition coefficient (Wildman–Crippen LogP) is 1.79. The first-order chi connectivity index (χ1) is 11.8. The maximum absolute atomic E-state index is 13.1. The highest BCUT2D eigenvalue weighted by Gasteiger charge is 2.17. The van der Waals surface area contributed by atoms with Crippen LogP contribution in [-0.4, -0.2) is 40.6 Å². The lowest BCUT2D eigenvalue weighted by atomic mass is 10.2. The van der Waals surface area contributed by atoms with Crippen molar-refractivity contribution in [3.63, 3.8) is 0 Å². The molecule has 2 heterocycles. The van der Waals surface area contributed by atoms with Crippen LogP contribution < -0.4 is 10.9 Å². The monoisotopic (exact) mass is 320 g/mol. The van der Waals surface area contributed by atoms with Gasteiger partial charge in [0, 0.05) is 26.2 Å². The van der Waals surface area contributed by atoms with Crippen molar-refractivity contribution in [3.05, 3.63) is 70.8 Å². The highest BCUT2D eigenvalue weighted by atomic mass is 16.1. The number of piperazine rings is 1. The SMILES string of the molecule is O=c1c2ccccc2nc(CN2CCNCC2)n1-c1ccccc1. The lowest BCUT2D eigenvalue weighted by molar-refractivity contribution is 0.226. The molecule has 0 bridgehead atoms. The van der Waals surface area contributed by atoms with Crippen LogP contribution in [0.15, 0.2) is 59.4 Å². The zero-order valence-corrected chi connectivity index (χ0v) is 13.5. The molecule has 0 radical (unpaired) electrons. The second kappa shape index (κ2) is 6.55. The van der Waals surface area contributed by atoms with E-state index in [2.05, 4.69) is 10.2 Å². The highest BCUT2D eigenvalue weighted by molar-refractivity contribution is 5.77. The van der Waals surface area contributed by atoms with E-state index in [4.69, 9.17) is 4.98 Å². The van der Waals surface area contributed by atoms with E-state index in [9.17, 15) is 4.79 Å². The van der Waals surface area contributed by atoms with Crippen LogP contribution in [0.5, 0.6) is 0 Å². The van der Waals surface area contributed by atoms with Crippen molar-refractivity contribution in [3.8, 4) is 5.69 Å². The third-order valence-corrected chi connectivity index (χ3v) is 4.43. The number of rotatable bonds is 3. The van der Waals surface area contributed by atoms with Gasteiger partial charge in [-0.1, -0.05) is 30.3 Å². The van der Waals surface area contributed by atoms with Crippen molar-refractivity contribution in [2.45, 2.75) is 6.54 Å². The van der Waals surface area contributed by atoms with E-state index in [-0.39, 0.29) is 5.56 Å². The fourth-order valence-corrected chi connectivity index (χ4v) is 3.20. The smallest absolute Gasteiger partial charge is 0.266 e. The molecule has 5 nitrogen and oxygen atoms in total. The molecule has 2 aromatic carbocycles. The Morgan fingerprint density at radius 3 is 2.46 bits per heavy atom. The number of nitrogens with one attached hydrogen (secondary N) is 1. The Bertz CT molecular complexity index is 898. The minimum atomic E-state index is -0.00284. The third kappa shape index (κ3) is 2.84. The molecule has 24 heavy (non-hydrogen) atoms. The molecule has 1 aliphatic heterocycles. The number of aromatic nitrogens is 2. The Hall–Kier alpha value is -2.50. The number of para-hydroxylation sites is 2. The molecule has 0 amide bonds. The summed E-state index contributed by atoms with van der Waals surface area (Å²) in [6.07, 6.45) is 0. The Kier molecular flexibility index (Phi) is 4.11. The van der Waals surface area contributed by atoms with Crippen molar-refractivity contribution < 1.29 is 0 Å². The van der Waals surface area contributed by atoms with Crippen molar-refractivity contribution >= 4 is 10.9 Å². The zero-order valence-electron chi connectivity index (χ0n) is 13.5. The lowest BCUT2D eigenvalue weighted by Gasteiger charge is -2.27. The summed E-state index contributed by atoms with van der Waals surface area (Å²) in [4.78, 5) is 20.2. The van der Waals surface area contributed by atoms with Crippen LogP contribution in [0.4, 0.5) is 0 Å². The topological polar surface area (TPSA) is 50.2 Å². The minimum Gasteiger partial charge on any atom is -0.314 e. The van der Waals surface area contributed by atoms with Crippen LogP contribution in [0.2, 0.25) is 0 Å². The molecular weight excluding hydrogens is 300 g/mol. The largest absolute Gasteiger partial charge is 0.314 e. The lowest BCUT2D eigenvalue weighted by Crippen LogP contribution is -2.44. The van der Waals surface area contributed by atoms with Crippen molar-refractivity contribution in [2.75, 3.05) is 26.2 Å². The molecule has 1 saturated heterocycles. The molecular formula is C19H20N4O. The van der Waals surface area contributed by atoms with Gasteiger partial charge in [0.2, 0.25) is 0 Å². The molecule has 0 atom stereocenters. The van der Waals surface area contributed by atoms with E-state index in [1.807, 2.05) is 54.6 Å². The highest BCUT2D eigenvalue weighted by Crippen LogP contribution is 2.14. The van der Waals surface area contributed by atoms with Crippen LogP contribution in [0.25, 0.3) is 16.6 Å². The predicted molar refractivity (Wildman–Crippen MR) is 95.5 cm³/mol. The van der Waals surface area contributed by atoms with E-state index in [1.54, 1.807) is 4.57 Å². The third-order valence-electron chi connectivity index (χ3n) is 4.43. The maximum Gasteiger partial charge on any atom is 0.266 e. The number of fused-ring (bicyclic) bond motifs is 1. The average Bonchev–Trinajstić information content (AvgIpc) is 2.64. The quantitative estimate of drug-likeness (QED) is 0.799. The fourth-order valence-electron chi connectivity index (χ4n) is 3.20. The molecule has 0 unspecified atom stereocenters. The molecule has 1 aromatic heterocycles. The van der Waals surface area contributed by atoms with Gasteiger partial charge in [-0.15, -0.1) is 0 Å². The van der Waals surface area contributed by atoms with Crippen LogP contribution >= 0.6 is 0 Å². The van der Waals surface area contributed by atoms with Gasteiger partial charge in [0.15, 0.2) is 0 Å². The van der Waals surface area contributed by atoms with Gasteiger partial charge in [0.25, 0.3) is 5.56 Å². The van der Waals surface area contributed by atoms with Gasteiger partial charge in [-0.2, -0.15) is 0 Å². The van der Waals surface area contributed by atoms with Gasteiger partial charge in [0.1, 0.15) is 5.82 Å². The molecule has 3 aromatic rings. The van der Waals surface area contributed by atoms with E-state index < -0.39 is 0 Å². The van der Waals surface area contributed by atoms with Gasteiger partial charge < -0.3 is 5.32 Å². The molecule has 0 saturated carbocycles. The summed E-state index contributed by atoms with van der Waals surface area (Å²) in [6, 6.07) is 17.3. The van der Waals surface area contributed by atoms with Crippen LogP contribution in [-0.2, 0) is 6.54 Å². The van der Waals surface area contributed by atoms with Gasteiger partial charge in [-0.3, -0.25) is 14.3 Å². The summed E-state index contributed by atoms with van der Waals surface area (Å²) in [6.45, 7) is 4.57. The second-order valence-electron chi connectivity index (χ2n) is 6.05.